The second kappa shape index (κ2) is 18.3. The third-order valence-electron chi connectivity index (χ3n) is 6.09. The number of rotatable bonds is 6. The third-order valence-corrected chi connectivity index (χ3v) is 11.0. The predicted octanol–water partition coefficient (Wildman–Crippen LogP) is 6.65. The number of hydrogen-bond acceptors (Lipinski definition) is 0. The molecule has 6 rings (SSSR count). The zero-order valence-corrected chi connectivity index (χ0v) is 26.4. The summed E-state index contributed by atoms with van der Waals surface area (Å²) in [4.78, 5) is 0. The fraction of sp³-hybridized carbons (Fsp3) is 0. The Labute approximate surface area is 260 Å². The average molecular weight is 752 g/mol. The standard InChI is InChI=1S/2C18H15P.2O.Pt/c2*1-4-10-16(11-5-1)19(17-12-6-2-7-13-17)18-14-8-3-9-15-18;;;/h2*1-15H;;;/q;;2*-2;+4. The van der Waals surface area contributed by atoms with Gasteiger partial charge in [-0.25, -0.2) is 0 Å². The van der Waals surface area contributed by atoms with Gasteiger partial charge < -0.3 is 11.0 Å². The van der Waals surface area contributed by atoms with E-state index in [9.17, 15) is 0 Å². The van der Waals surface area contributed by atoms with Gasteiger partial charge in [0.05, 0.1) is 0 Å². The van der Waals surface area contributed by atoms with Crippen molar-refractivity contribution in [3.63, 3.8) is 0 Å². The molecule has 0 atom stereocenters. The van der Waals surface area contributed by atoms with Crippen LogP contribution in [0.2, 0.25) is 0 Å². The average Bonchev–Trinajstić information content (AvgIpc) is 3.01. The van der Waals surface area contributed by atoms with E-state index in [4.69, 9.17) is 0 Å². The normalized spacial score (nSPS) is 9.80. The monoisotopic (exact) mass is 751 g/mol. The van der Waals surface area contributed by atoms with E-state index >= 15 is 0 Å². The van der Waals surface area contributed by atoms with Gasteiger partial charge in [-0.2, -0.15) is 0 Å². The molecule has 0 saturated carbocycles. The summed E-state index contributed by atoms with van der Waals surface area (Å²) in [5, 5.41) is 8.39. The largest absolute Gasteiger partial charge is 4.00 e. The van der Waals surface area contributed by atoms with Gasteiger partial charge in [0.25, 0.3) is 0 Å². The molecule has 2 nitrogen and oxygen atoms in total. The van der Waals surface area contributed by atoms with Crippen molar-refractivity contribution in [3.8, 4) is 0 Å². The SMILES string of the molecule is [O-2].[O-2].[Pt+4].c1ccc(P(c2ccccc2)c2ccccc2)cc1.c1ccc(P(c2ccccc2)c2ccccc2)cc1. The molecular weight excluding hydrogens is 721 g/mol. The molecule has 0 saturated heterocycles. The van der Waals surface area contributed by atoms with Gasteiger partial charge in [-0.05, 0) is 47.7 Å². The first-order valence-corrected chi connectivity index (χ1v) is 15.5. The van der Waals surface area contributed by atoms with Gasteiger partial charge >= 0.3 is 21.1 Å². The maximum atomic E-state index is 2.23. The van der Waals surface area contributed by atoms with Crippen LogP contribution in [0.15, 0.2) is 182 Å². The fourth-order valence-electron chi connectivity index (χ4n) is 4.36. The first-order valence-electron chi connectivity index (χ1n) is 12.8. The molecule has 0 N–H and O–H groups in total. The van der Waals surface area contributed by atoms with Gasteiger partial charge in [-0.15, -0.1) is 0 Å². The Morgan fingerprint density at radius 2 is 0.341 bits per heavy atom. The third kappa shape index (κ3) is 9.41. The predicted molar refractivity (Wildman–Crippen MR) is 172 cm³/mol. The second-order valence-electron chi connectivity index (χ2n) is 8.68. The van der Waals surface area contributed by atoms with Crippen molar-refractivity contribution in [1.82, 2.24) is 0 Å². The van der Waals surface area contributed by atoms with Crippen LogP contribution in [0.4, 0.5) is 0 Å². The Kier molecular flexibility index (Phi) is 15.1. The van der Waals surface area contributed by atoms with Crippen molar-refractivity contribution < 1.29 is 32.0 Å². The molecule has 0 aliphatic rings. The number of benzene rings is 6. The molecule has 0 unspecified atom stereocenters. The summed E-state index contributed by atoms with van der Waals surface area (Å²) in [5.41, 5.74) is 0. The molecule has 41 heavy (non-hydrogen) atoms. The summed E-state index contributed by atoms with van der Waals surface area (Å²) < 4.78 is 0. The Bertz CT molecular complexity index is 1180. The summed E-state index contributed by atoms with van der Waals surface area (Å²) in [6.45, 7) is 0. The molecule has 0 radical (unpaired) electrons. The van der Waals surface area contributed by atoms with Crippen LogP contribution in [0.1, 0.15) is 0 Å². The van der Waals surface area contributed by atoms with Crippen molar-refractivity contribution >= 4 is 47.7 Å². The second-order valence-corrected chi connectivity index (χ2v) is 13.1. The van der Waals surface area contributed by atoms with E-state index < -0.39 is 15.8 Å². The zero-order chi connectivity index (χ0) is 25.8. The maximum Gasteiger partial charge on any atom is 4.00 e. The van der Waals surface area contributed by atoms with E-state index in [1.165, 1.54) is 31.8 Å². The van der Waals surface area contributed by atoms with Crippen LogP contribution >= 0.6 is 15.8 Å². The Balaban J connectivity index is 0.000000267. The summed E-state index contributed by atoms with van der Waals surface area (Å²) in [6, 6.07) is 64.7. The van der Waals surface area contributed by atoms with Gasteiger partial charge in [0.15, 0.2) is 0 Å². The van der Waals surface area contributed by atoms with Crippen molar-refractivity contribution in [2.45, 2.75) is 0 Å². The molecule has 6 aromatic carbocycles. The molecule has 5 heteroatoms. The summed E-state index contributed by atoms with van der Waals surface area (Å²) in [6.07, 6.45) is 0. The number of hydrogen-bond donors (Lipinski definition) is 0. The van der Waals surface area contributed by atoms with Crippen LogP contribution in [0.25, 0.3) is 0 Å². The Hall–Kier alpha value is -3.21. The fourth-order valence-corrected chi connectivity index (χ4v) is 8.97. The van der Waals surface area contributed by atoms with E-state index in [2.05, 4.69) is 182 Å². The maximum absolute atomic E-state index is 2.23. The summed E-state index contributed by atoms with van der Waals surface area (Å²) in [5.74, 6) is 0. The minimum atomic E-state index is -0.446. The van der Waals surface area contributed by atoms with E-state index in [1.54, 1.807) is 0 Å². The van der Waals surface area contributed by atoms with Crippen molar-refractivity contribution in [1.29, 1.82) is 0 Å². The minimum Gasteiger partial charge on any atom is -2.00 e. The van der Waals surface area contributed by atoms with E-state index in [1.807, 2.05) is 0 Å². The molecule has 0 fully saturated rings. The molecule has 0 spiro atoms. The van der Waals surface area contributed by atoms with Gasteiger partial charge in [0.2, 0.25) is 0 Å². The van der Waals surface area contributed by atoms with Gasteiger partial charge in [-0.3, -0.25) is 0 Å². The van der Waals surface area contributed by atoms with Crippen LogP contribution in [-0.4, -0.2) is 0 Å². The molecule has 0 amide bonds. The Morgan fingerprint density at radius 1 is 0.220 bits per heavy atom. The topological polar surface area (TPSA) is 57.0 Å². The van der Waals surface area contributed by atoms with Crippen molar-refractivity contribution in [2.24, 2.45) is 0 Å². The molecule has 6 aromatic rings. The van der Waals surface area contributed by atoms with Crippen molar-refractivity contribution in [3.05, 3.63) is 182 Å². The minimum absolute atomic E-state index is 0. The smallest absolute Gasteiger partial charge is 2.00 e. The quantitative estimate of drug-likeness (QED) is 0.171. The molecular formula is C36H30O2P2Pt. The summed E-state index contributed by atoms with van der Waals surface area (Å²) in [7, 11) is -0.892. The zero-order valence-electron chi connectivity index (χ0n) is 22.3. The van der Waals surface area contributed by atoms with Crippen LogP contribution in [0.5, 0.6) is 0 Å². The van der Waals surface area contributed by atoms with E-state index in [-0.39, 0.29) is 32.0 Å². The van der Waals surface area contributed by atoms with Crippen LogP contribution in [0, 0.1) is 0 Å². The summed E-state index contributed by atoms with van der Waals surface area (Å²) >= 11 is 0. The molecule has 206 valence electrons. The van der Waals surface area contributed by atoms with Crippen molar-refractivity contribution in [2.75, 3.05) is 0 Å². The van der Waals surface area contributed by atoms with E-state index in [0.29, 0.717) is 0 Å². The molecule has 0 aliphatic carbocycles. The molecule has 0 aromatic heterocycles. The Morgan fingerprint density at radius 3 is 0.463 bits per heavy atom. The van der Waals surface area contributed by atoms with Gasteiger partial charge in [0.1, 0.15) is 0 Å². The van der Waals surface area contributed by atoms with Crippen LogP contribution in [-0.2, 0) is 32.0 Å². The van der Waals surface area contributed by atoms with Crippen LogP contribution in [0.3, 0.4) is 0 Å². The van der Waals surface area contributed by atoms with Crippen LogP contribution < -0.4 is 31.8 Å². The first kappa shape index (κ1) is 34.0. The molecule has 0 aliphatic heterocycles. The van der Waals surface area contributed by atoms with E-state index in [0.717, 1.165) is 0 Å². The molecule has 0 bridgehead atoms. The van der Waals surface area contributed by atoms with Gasteiger partial charge in [-0.1, -0.05) is 182 Å². The first-order chi connectivity index (χ1) is 18.9. The van der Waals surface area contributed by atoms with Gasteiger partial charge in [0, 0.05) is 0 Å². The molecule has 0 heterocycles.